The smallest absolute Gasteiger partial charge is 0.123 e. The molecule has 88 valence electrons. The van der Waals surface area contributed by atoms with Crippen LogP contribution in [0.2, 0.25) is 0 Å². The number of halogens is 1. The highest BCUT2D eigenvalue weighted by Crippen LogP contribution is 2.39. The molecule has 16 heavy (non-hydrogen) atoms. The third-order valence-electron chi connectivity index (χ3n) is 3.20. The molecule has 1 aromatic rings. The van der Waals surface area contributed by atoms with E-state index in [1.165, 1.54) is 12.1 Å². The molecule has 0 amide bonds. The number of hydrogen-bond donors (Lipinski definition) is 2. The summed E-state index contributed by atoms with van der Waals surface area (Å²) in [5.74, 6) is -0.249. The second-order valence-corrected chi connectivity index (χ2v) is 4.29. The highest BCUT2D eigenvalue weighted by Gasteiger charge is 2.45. The SMILES string of the molecule is CNC(c1ccc(F)cc1)C1(CO)COC1. The van der Waals surface area contributed by atoms with Crippen LogP contribution in [0.15, 0.2) is 24.3 Å². The number of benzene rings is 1. The lowest BCUT2D eigenvalue weighted by atomic mass is 9.76. The number of rotatable bonds is 4. The average Bonchev–Trinajstić information content (AvgIpc) is 2.25. The van der Waals surface area contributed by atoms with E-state index in [1.807, 2.05) is 7.05 Å². The van der Waals surface area contributed by atoms with Crippen molar-refractivity contribution < 1.29 is 14.2 Å². The Bertz CT molecular complexity index is 343. The van der Waals surface area contributed by atoms with Crippen LogP contribution in [-0.2, 0) is 4.74 Å². The van der Waals surface area contributed by atoms with Gasteiger partial charge >= 0.3 is 0 Å². The van der Waals surface area contributed by atoms with E-state index in [1.54, 1.807) is 12.1 Å². The van der Waals surface area contributed by atoms with E-state index < -0.39 is 0 Å². The van der Waals surface area contributed by atoms with E-state index in [0.717, 1.165) is 5.56 Å². The zero-order valence-corrected chi connectivity index (χ0v) is 9.24. The van der Waals surface area contributed by atoms with Crippen molar-refractivity contribution in [3.05, 3.63) is 35.6 Å². The Morgan fingerprint density at radius 1 is 1.44 bits per heavy atom. The predicted molar refractivity (Wildman–Crippen MR) is 58.5 cm³/mol. The number of aliphatic hydroxyl groups excluding tert-OH is 1. The van der Waals surface area contributed by atoms with E-state index in [4.69, 9.17) is 4.74 Å². The maximum atomic E-state index is 12.8. The van der Waals surface area contributed by atoms with Gasteiger partial charge in [0.25, 0.3) is 0 Å². The molecule has 1 heterocycles. The van der Waals surface area contributed by atoms with Crippen molar-refractivity contribution in [3.63, 3.8) is 0 Å². The summed E-state index contributed by atoms with van der Waals surface area (Å²) < 4.78 is 18.0. The first kappa shape index (κ1) is 11.5. The van der Waals surface area contributed by atoms with Crippen molar-refractivity contribution in [1.29, 1.82) is 0 Å². The predicted octanol–water partition coefficient (Wildman–Crippen LogP) is 1.10. The highest BCUT2D eigenvalue weighted by molar-refractivity contribution is 5.23. The molecule has 1 atom stereocenters. The van der Waals surface area contributed by atoms with Crippen LogP contribution in [0.5, 0.6) is 0 Å². The molecule has 3 nitrogen and oxygen atoms in total. The van der Waals surface area contributed by atoms with Crippen LogP contribution in [0.4, 0.5) is 4.39 Å². The van der Waals surface area contributed by atoms with Gasteiger partial charge in [0.1, 0.15) is 5.82 Å². The topological polar surface area (TPSA) is 41.5 Å². The summed E-state index contributed by atoms with van der Waals surface area (Å²) in [6.45, 7) is 1.13. The van der Waals surface area contributed by atoms with Gasteiger partial charge in [0.2, 0.25) is 0 Å². The van der Waals surface area contributed by atoms with Crippen LogP contribution in [0.3, 0.4) is 0 Å². The van der Waals surface area contributed by atoms with E-state index in [9.17, 15) is 9.50 Å². The zero-order valence-electron chi connectivity index (χ0n) is 9.24. The lowest BCUT2D eigenvalue weighted by molar-refractivity contribution is -0.155. The van der Waals surface area contributed by atoms with E-state index in [-0.39, 0.29) is 23.9 Å². The molecule has 2 N–H and O–H groups in total. The second-order valence-electron chi connectivity index (χ2n) is 4.29. The average molecular weight is 225 g/mol. The number of nitrogens with one attached hydrogen (secondary N) is 1. The van der Waals surface area contributed by atoms with Crippen LogP contribution in [-0.4, -0.2) is 32.0 Å². The lowest BCUT2D eigenvalue weighted by Crippen LogP contribution is -2.53. The molecule has 0 aromatic heterocycles. The van der Waals surface area contributed by atoms with Crippen LogP contribution in [0.25, 0.3) is 0 Å². The first-order valence-electron chi connectivity index (χ1n) is 5.33. The van der Waals surface area contributed by atoms with Crippen molar-refractivity contribution in [2.24, 2.45) is 5.41 Å². The molecular weight excluding hydrogens is 209 g/mol. The van der Waals surface area contributed by atoms with Gasteiger partial charge in [-0.2, -0.15) is 0 Å². The minimum Gasteiger partial charge on any atom is -0.396 e. The van der Waals surface area contributed by atoms with Gasteiger partial charge in [-0.1, -0.05) is 12.1 Å². The van der Waals surface area contributed by atoms with Crippen LogP contribution in [0.1, 0.15) is 11.6 Å². The molecule has 2 rings (SSSR count). The van der Waals surface area contributed by atoms with Crippen molar-refractivity contribution in [3.8, 4) is 0 Å². The largest absolute Gasteiger partial charge is 0.396 e. The summed E-state index contributed by atoms with van der Waals surface area (Å²) in [5, 5.41) is 12.6. The number of aliphatic hydroxyl groups is 1. The molecule has 1 saturated heterocycles. The Balaban J connectivity index is 2.25. The van der Waals surface area contributed by atoms with Gasteiger partial charge in [-0.25, -0.2) is 4.39 Å². The Morgan fingerprint density at radius 3 is 2.44 bits per heavy atom. The third-order valence-corrected chi connectivity index (χ3v) is 3.20. The molecule has 0 aliphatic carbocycles. The van der Waals surface area contributed by atoms with Crippen molar-refractivity contribution in [1.82, 2.24) is 5.32 Å². The van der Waals surface area contributed by atoms with Crippen LogP contribution < -0.4 is 5.32 Å². The summed E-state index contributed by atoms with van der Waals surface area (Å²) in [7, 11) is 1.84. The van der Waals surface area contributed by atoms with Gasteiger partial charge in [0, 0.05) is 6.04 Å². The molecule has 0 bridgehead atoms. The maximum Gasteiger partial charge on any atom is 0.123 e. The Kier molecular flexibility index (Phi) is 3.23. The standard InChI is InChI=1S/C12H16FNO2/c1-14-11(12(6-15)7-16-8-12)9-2-4-10(13)5-3-9/h2-5,11,14-15H,6-8H2,1H3. The molecule has 1 unspecified atom stereocenters. The van der Waals surface area contributed by atoms with Crippen LogP contribution in [0, 0.1) is 11.2 Å². The van der Waals surface area contributed by atoms with Crippen molar-refractivity contribution in [2.45, 2.75) is 6.04 Å². The number of ether oxygens (including phenoxy) is 1. The van der Waals surface area contributed by atoms with Gasteiger partial charge in [0.15, 0.2) is 0 Å². The van der Waals surface area contributed by atoms with Crippen molar-refractivity contribution in [2.75, 3.05) is 26.9 Å². The molecular formula is C12H16FNO2. The molecule has 0 radical (unpaired) electrons. The molecule has 1 aliphatic heterocycles. The quantitative estimate of drug-likeness (QED) is 0.806. The normalized spacial score (nSPS) is 20.2. The summed E-state index contributed by atoms with van der Waals surface area (Å²) >= 11 is 0. The molecule has 1 fully saturated rings. The van der Waals surface area contributed by atoms with Gasteiger partial charge in [-0.05, 0) is 24.7 Å². The molecule has 1 aromatic carbocycles. The third kappa shape index (κ3) is 1.84. The molecule has 0 spiro atoms. The van der Waals surface area contributed by atoms with E-state index >= 15 is 0 Å². The summed E-state index contributed by atoms with van der Waals surface area (Å²) in [5.41, 5.74) is 0.702. The van der Waals surface area contributed by atoms with Gasteiger partial charge < -0.3 is 15.2 Å². The lowest BCUT2D eigenvalue weighted by Gasteiger charge is -2.46. The summed E-state index contributed by atoms with van der Waals surface area (Å²) in [6.07, 6.45) is 0. The Hall–Kier alpha value is -0.970. The van der Waals surface area contributed by atoms with Gasteiger partial charge in [0.05, 0.1) is 25.2 Å². The molecule has 4 heteroatoms. The Morgan fingerprint density at radius 2 is 2.06 bits per heavy atom. The van der Waals surface area contributed by atoms with Crippen LogP contribution >= 0.6 is 0 Å². The first-order valence-corrected chi connectivity index (χ1v) is 5.33. The highest BCUT2D eigenvalue weighted by atomic mass is 19.1. The maximum absolute atomic E-state index is 12.8. The van der Waals surface area contributed by atoms with E-state index in [2.05, 4.69) is 5.32 Å². The van der Waals surface area contributed by atoms with Gasteiger partial charge in [-0.15, -0.1) is 0 Å². The minimum absolute atomic E-state index is 0.00755. The fraction of sp³-hybridized carbons (Fsp3) is 0.500. The van der Waals surface area contributed by atoms with E-state index in [0.29, 0.717) is 13.2 Å². The summed E-state index contributed by atoms with van der Waals surface area (Å²) in [6, 6.07) is 6.35. The first-order chi connectivity index (χ1) is 7.72. The number of hydrogen-bond acceptors (Lipinski definition) is 3. The zero-order chi connectivity index (χ0) is 11.6. The molecule has 0 saturated carbocycles. The second kappa shape index (κ2) is 4.49. The Labute approximate surface area is 94.2 Å². The molecule has 1 aliphatic rings. The monoisotopic (exact) mass is 225 g/mol. The fourth-order valence-corrected chi connectivity index (χ4v) is 2.20. The fourth-order valence-electron chi connectivity index (χ4n) is 2.20. The van der Waals surface area contributed by atoms with Gasteiger partial charge in [-0.3, -0.25) is 0 Å². The minimum atomic E-state index is -0.271. The summed E-state index contributed by atoms with van der Waals surface area (Å²) in [4.78, 5) is 0. The van der Waals surface area contributed by atoms with Crippen molar-refractivity contribution >= 4 is 0 Å².